The van der Waals surface area contributed by atoms with E-state index in [0.29, 0.717) is 33.7 Å². The number of hydrogen-bond acceptors (Lipinski definition) is 6. The highest BCUT2D eigenvalue weighted by Gasteiger charge is 2.21. The molecule has 1 fully saturated rings. The maximum absolute atomic E-state index is 9.15. The van der Waals surface area contributed by atoms with Gasteiger partial charge in [0.25, 0.3) is 0 Å². The maximum atomic E-state index is 9.15. The molecule has 1 saturated heterocycles. The second kappa shape index (κ2) is 9.50. The van der Waals surface area contributed by atoms with Crippen molar-refractivity contribution in [2.24, 2.45) is 0 Å². The highest BCUT2D eigenvalue weighted by atomic mass is 79.9. The molecular formula is C23H25BrN6O. The van der Waals surface area contributed by atoms with Gasteiger partial charge in [0.1, 0.15) is 5.75 Å². The van der Waals surface area contributed by atoms with Crippen molar-refractivity contribution >= 4 is 21.9 Å². The number of anilines is 1. The fourth-order valence-electron chi connectivity index (χ4n) is 3.89. The van der Waals surface area contributed by atoms with E-state index in [1.54, 1.807) is 6.20 Å². The monoisotopic (exact) mass is 480 g/mol. The summed E-state index contributed by atoms with van der Waals surface area (Å²) in [5, 5.41) is 12.6. The van der Waals surface area contributed by atoms with Crippen LogP contribution in [0.5, 0.6) is 11.6 Å². The molecule has 0 atom stereocenters. The molecule has 1 aliphatic heterocycles. The van der Waals surface area contributed by atoms with Crippen LogP contribution in [0.15, 0.2) is 41.1 Å². The number of benzene rings is 1. The lowest BCUT2D eigenvalue weighted by atomic mass is 10.1. The third-order valence-corrected chi connectivity index (χ3v) is 6.02. The van der Waals surface area contributed by atoms with Gasteiger partial charge in [0, 0.05) is 37.6 Å². The molecule has 4 rings (SSSR count). The first kappa shape index (κ1) is 21.3. The van der Waals surface area contributed by atoms with Crippen molar-refractivity contribution in [1.82, 2.24) is 19.9 Å². The SMILES string of the molecule is Cc1cc(C#N)cc(C)c1Oc1nc(NC2CCN(Cc3ccc[nH]3)CC2)ncc1Br. The van der Waals surface area contributed by atoms with Crippen LogP contribution in [-0.4, -0.2) is 39.0 Å². The number of piperidine rings is 1. The summed E-state index contributed by atoms with van der Waals surface area (Å²) in [6.45, 7) is 6.87. The van der Waals surface area contributed by atoms with Gasteiger partial charge >= 0.3 is 0 Å². The maximum Gasteiger partial charge on any atom is 0.238 e. The predicted octanol–water partition coefficient (Wildman–Crippen LogP) is 4.92. The van der Waals surface area contributed by atoms with Gasteiger partial charge in [-0.25, -0.2) is 4.98 Å². The Morgan fingerprint density at radius 2 is 2.03 bits per heavy atom. The van der Waals surface area contributed by atoms with Gasteiger partial charge in [-0.3, -0.25) is 4.90 Å². The number of halogens is 1. The third kappa shape index (κ3) is 5.24. The molecule has 7 nitrogen and oxygen atoms in total. The molecule has 0 amide bonds. The van der Waals surface area contributed by atoms with Crippen LogP contribution in [0, 0.1) is 25.2 Å². The highest BCUT2D eigenvalue weighted by Crippen LogP contribution is 2.33. The van der Waals surface area contributed by atoms with Crippen molar-refractivity contribution in [3.05, 3.63) is 63.5 Å². The molecule has 31 heavy (non-hydrogen) atoms. The number of aryl methyl sites for hydroxylation is 2. The van der Waals surface area contributed by atoms with Crippen molar-refractivity contribution in [2.45, 2.75) is 39.3 Å². The van der Waals surface area contributed by atoms with Crippen LogP contribution in [0.25, 0.3) is 0 Å². The Morgan fingerprint density at radius 1 is 1.29 bits per heavy atom. The number of aromatic nitrogens is 3. The van der Waals surface area contributed by atoms with Gasteiger partial charge in [-0.05, 0) is 78.0 Å². The molecule has 0 spiro atoms. The smallest absolute Gasteiger partial charge is 0.238 e. The number of rotatable bonds is 6. The largest absolute Gasteiger partial charge is 0.437 e. The lowest BCUT2D eigenvalue weighted by molar-refractivity contribution is 0.209. The molecule has 160 valence electrons. The summed E-state index contributed by atoms with van der Waals surface area (Å²) in [6.07, 6.45) is 5.74. The minimum Gasteiger partial charge on any atom is -0.437 e. The van der Waals surface area contributed by atoms with Crippen LogP contribution >= 0.6 is 15.9 Å². The number of nitrogens with zero attached hydrogens (tertiary/aromatic N) is 4. The Bertz CT molecular complexity index is 1060. The fraction of sp³-hybridized carbons (Fsp3) is 0.348. The molecular weight excluding hydrogens is 456 g/mol. The lowest BCUT2D eigenvalue weighted by Gasteiger charge is -2.32. The Kier molecular flexibility index (Phi) is 6.54. The van der Waals surface area contributed by atoms with E-state index in [1.165, 1.54) is 5.69 Å². The number of nitrogens with one attached hydrogen (secondary N) is 2. The van der Waals surface area contributed by atoms with E-state index in [2.05, 4.69) is 53.2 Å². The topological polar surface area (TPSA) is 89.9 Å². The van der Waals surface area contributed by atoms with E-state index < -0.39 is 0 Å². The number of ether oxygens (including phenoxy) is 1. The molecule has 0 unspecified atom stereocenters. The average Bonchev–Trinajstić information content (AvgIpc) is 3.27. The lowest BCUT2D eigenvalue weighted by Crippen LogP contribution is -2.39. The van der Waals surface area contributed by atoms with Crippen molar-refractivity contribution < 1.29 is 4.74 Å². The van der Waals surface area contributed by atoms with Gasteiger partial charge in [0.15, 0.2) is 0 Å². The predicted molar refractivity (Wildman–Crippen MR) is 123 cm³/mol. The molecule has 1 aliphatic rings. The summed E-state index contributed by atoms with van der Waals surface area (Å²) in [7, 11) is 0. The zero-order chi connectivity index (χ0) is 21.8. The summed E-state index contributed by atoms with van der Waals surface area (Å²) >= 11 is 3.49. The molecule has 3 heterocycles. The minimum absolute atomic E-state index is 0.326. The standard InChI is InChI=1S/C23H25BrN6O/c1-15-10-17(12-25)11-16(2)21(15)31-22-20(24)13-27-23(29-22)28-18-5-8-30(9-6-18)14-19-4-3-7-26-19/h3-4,7,10-11,13,18,26H,5-6,8-9,14H2,1-2H3,(H,27,28,29). The van der Waals surface area contributed by atoms with E-state index in [0.717, 1.165) is 43.6 Å². The minimum atomic E-state index is 0.326. The fourth-order valence-corrected chi connectivity index (χ4v) is 4.16. The van der Waals surface area contributed by atoms with Crippen molar-refractivity contribution in [3.8, 4) is 17.7 Å². The number of H-pyrrole nitrogens is 1. The Morgan fingerprint density at radius 3 is 2.68 bits per heavy atom. The van der Waals surface area contributed by atoms with E-state index in [9.17, 15) is 0 Å². The Hall–Kier alpha value is -2.89. The van der Waals surface area contributed by atoms with Crippen LogP contribution < -0.4 is 10.1 Å². The van der Waals surface area contributed by atoms with Crippen LogP contribution in [0.2, 0.25) is 0 Å². The first-order chi connectivity index (χ1) is 15.0. The first-order valence-corrected chi connectivity index (χ1v) is 11.1. The zero-order valence-electron chi connectivity index (χ0n) is 17.7. The zero-order valence-corrected chi connectivity index (χ0v) is 19.2. The number of hydrogen-bond donors (Lipinski definition) is 2. The Labute approximate surface area is 190 Å². The van der Waals surface area contributed by atoms with Gasteiger partial charge in [-0.1, -0.05) is 0 Å². The molecule has 2 N–H and O–H groups in total. The van der Waals surface area contributed by atoms with Crippen molar-refractivity contribution in [1.29, 1.82) is 5.26 Å². The molecule has 1 aromatic carbocycles. The summed E-state index contributed by atoms with van der Waals surface area (Å²) in [6, 6.07) is 10.3. The molecule has 0 aliphatic carbocycles. The number of aromatic amines is 1. The van der Waals surface area contributed by atoms with Gasteiger partial charge in [-0.15, -0.1) is 0 Å². The first-order valence-electron chi connectivity index (χ1n) is 10.3. The van der Waals surface area contributed by atoms with E-state index in [1.807, 2.05) is 38.2 Å². The quantitative estimate of drug-likeness (QED) is 0.519. The second-order valence-electron chi connectivity index (χ2n) is 7.89. The second-order valence-corrected chi connectivity index (χ2v) is 8.74. The van der Waals surface area contributed by atoms with E-state index >= 15 is 0 Å². The van der Waals surface area contributed by atoms with Gasteiger partial charge in [0.05, 0.1) is 22.3 Å². The normalized spacial score (nSPS) is 14.9. The number of likely N-dealkylation sites (tertiary alicyclic amines) is 1. The highest BCUT2D eigenvalue weighted by molar-refractivity contribution is 9.10. The van der Waals surface area contributed by atoms with Crippen LogP contribution in [0.1, 0.15) is 35.2 Å². The van der Waals surface area contributed by atoms with Crippen molar-refractivity contribution in [2.75, 3.05) is 18.4 Å². The Balaban J connectivity index is 1.40. The van der Waals surface area contributed by atoms with Gasteiger partial charge in [0.2, 0.25) is 11.8 Å². The molecule has 0 radical (unpaired) electrons. The molecule has 0 saturated carbocycles. The molecule has 3 aromatic rings. The number of nitriles is 1. The van der Waals surface area contributed by atoms with Gasteiger partial charge < -0.3 is 15.0 Å². The third-order valence-electron chi connectivity index (χ3n) is 5.48. The molecule has 0 bridgehead atoms. The van der Waals surface area contributed by atoms with Crippen molar-refractivity contribution in [3.63, 3.8) is 0 Å². The molecule has 2 aromatic heterocycles. The molecule has 8 heteroatoms. The summed E-state index contributed by atoms with van der Waals surface area (Å²) in [4.78, 5) is 14.7. The summed E-state index contributed by atoms with van der Waals surface area (Å²) in [5.74, 6) is 1.73. The van der Waals surface area contributed by atoms with E-state index in [4.69, 9.17) is 10.00 Å². The van der Waals surface area contributed by atoms with Crippen LogP contribution in [0.3, 0.4) is 0 Å². The van der Waals surface area contributed by atoms with Crippen LogP contribution in [-0.2, 0) is 6.54 Å². The van der Waals surface area contributed by atoms with Crippen LogP contribution in [0.4, 0.5) is 5.95 Å². The summed E-state index contributed by atoms with van der Waals surface area (Å²) < 4.78 is 6.80. The average molecular weight is 481 g/mol. The van der Waals surface area contributed by atoms with E-state index in [-0.39, 0.29) is 0 Å². The summed E-state index contributed by atoms with van der Waals surface area (Å²) in [5.41, 5.74) is 3.66. The van der Waals surface area contributed by atoms with Gasteiger partial charge in [-0.2, -0.15) is 10.2 Å².